The number of aromatic nitrogens is 2. The predicted octanol–water partition coefficient (Wildman–Crippen LogP) is 3.74. The van der Waals surface area contributed by atoms with Crippen LogP contribution in [0.5, 0.6) is 11.6 Å². The van der Waals surface area contributed by atoms with Crippen LogP contribution in [0.25, 0.3) is 0 Å². The van der Waals surface area contributed by atoms with E-state index < -0.39 is 0 Å². The lowest BCUT2D eigenvalue weighted by atomic mass is 10.2. The van der Waals surface area contributed by atoms with Crippen molar-refractivity contribution in [3.8, 4) is 11.6 Å². The summed E-state index contributed by atoms with van der Waals surface area (Å²) < 4.78 is 5.78. The monoisotopic (exact) mass is 303 g/mol. The lowest BCUT2D eigenvalue weighted by molar-refractivity contribution is 0.448. The highest BCUT2D eigenvalue weighted by atomic mass is 32.2. The van der Waals surface area contributed by atoms with Crippen molar-refractivity contribution in [1.82, 2.24) is 15.3 Å². The Labute approximate surface area is 130 Å². The summed E-state index contributed by atoms with van der Waals surface area (Å²) in [5, 5.41) is 3.34. The van der Waals surface area contributed by atoms with Gasteiger partial charge in [0.25, 0.3) is 0 Å². The summed E-state index contributed by atoms with van der Waals surface area (Å²) in [5.41, 5.74) is 0.918. The zero-order valence-corrected chi connectivity index (χ0v) is 13.5. The van der Waals surface area contributed by atoms with Crippen LogP contribution in [-0.2, 0) is 6.54 Å². The summed E-state index contributed by atoms with van der Waals surface area (Å²) in [6.07, 6.45) is 5.45. The Morgan fingerprint density at radius 2 is 2.00 bits per heavy atom. The van der Waals surface area contributed by atoms with Crippen LogP contribution in [-0.4, -0.2) is 22.8 Å². The van der Waals surface area contributed by atoms with Gasteiger partial charge in [-0.25, -0.2) is 4.98 Å². The molecule has 0 aliphatic rings. The van der Waals surface area contributed by atoms with Gasteiger partial charge in [-0.15, -0.1) is 11.8 Å². The molecule has 0 aliphatic carbocycles. The SMILES string of the molecule is CSc1ccccc1Oc1cnc(CNCC(C)C)cn1. The van der Waals surface area contributed by atoms with Crippen LogP contribution in [0, 0.1) is 5.92 Å². The number of rotatable bonds is 7. The van der Waals surface area contributed by atoms with Crippen molar-refractivity contribution < 1.29 is 4.74 Å². The molecule has 1 N–H and O–H groups in total. The van der Waals surface area contributed by atoms with Crippen LogP contribution in [0.1, 0.15) is 19.5 Å². The second-order valence-corrected chi connectivity index (χ2v) is 5.97. The maximum atomic E-state index is 5.78. The molecule has 1 aromatic heterocycles. The second kappa shape index (κ2) is 8.00. The molecule has 0 aliphatic heterocycles. The maximum Gasteiger partial charge on any atom is 0.237 e. The van der Waals surface area contributed by atoms with Gasteiger partial charge in [0.2, 0.25) is 5.88 Å². The van der Waals surface area contributed by atoms with Crippen LogP contribution in [0.3, 0.4) is 0 Å². The predicted molar refractivity (Wildman–Crippen MR) is 86.9 cm³/mol. The zero-order chi connectivity index (χ0) is 15.1. The highest BCUT2D eigenvalue weighted by Gasteiger charge is 2.05. The summed E-state index contributed by atoms with van der Waals surface area (Å²) >= 11 is 1.65. The third kappa shape index (κ3) is 5.02. The fourth-order valence-electron chi connectivity index (χ4n) is 1.79. The van der Waals surface area contributed by atoms with Gasteiger partial charge in [-0.3, -0.25) is 4.98 Å². The van der Waals surface area contributed by atoms with E-state index in [1.165, 1.54) is 0 Å². The molecule has 1 aromatic carbocycles. The van der Waals surface area contributed by atoms with Crippen molar-refractivity contribution in [2.45, 2.75) is 25.3 Å². The smallest absolute Gasteiger partial charge is 0.237 e. The highest BCUT2D eigenvalue weighted by Crippen LogP contribution is 2.29. The Kier molecular flexibility index (Phi) is 6.02. The molecule has 0 atom stereocenters. The van der Waals surface area contributed by atoms with Crippen molar-refractivity contribution in [3.63, 3.8) is 0 Å². The summed E-state index contributed by atoms with van der Waals surface area (Å²) in [6, 6.07) is 7.91. The van der Waals surface area contributed by atoms with Gasteiger partial charge in [0.1, 0.15) is 5.75 Å². The number of hydrogen-bond donors (Lipinski definition) is 1. The van der Waals surface area contributed by atoms with E-state index >= 15 is 0 Å². The van der Waals surface area contributed by atoms with Gasteiger partial charge in [-0.2, -0.15) is 0 Å². The maximum absolute atomic E-state index is 5.78. The van der Waals surface area contributed by atoms with Crippen LogP contribution < -0.4 is 10.1 Å². The summed E-state index contributed by atoms with van der Waals surface area (Å²) in [7, 11) is 0. The molecule has 2 rings (SSSR count). The van der Waals surface area contributed by atoms with Crippen molar-refractivity contribution in [2.24, 2.45) is 5.92 Å². The van der Waals surface area contributed by atoms with E-state index in [4.69, 9.17) is 4.74 Å². The van der Waals surface area contributed by atoms with E-state index in [1.54, 1.807) is 24.2 Å². The molecule has 0 bridgehead atoms. The molecule has 0 radical (unpaired) electrons. The van der Waals surface area contributed by atoms with Crippen LogP contribution in [0.2, 0.25) is 0 Å². The van der Waals surface area contributed by atoms with Crippen LogP contribution >= 0.6 is 11.8 Å². The molecule has 4 nitrogen and oxygen atoms in total. The number of nitrogens with one attached hydrogen (secondary N) is 1. The van der Waals surface area contributed by atoms with E-state index in [2.05, 4.69) is 29.1 Å². The first-order valence-corrected chi connectivity index (χ1v) is 8.24. The van der Waals surface area contributed by atoms with E-state index in [1.807, 2.05) is 30.5 Å². The van der Waals surface area contributed by atoms with Crippen LogP contribution in [0.15, 0.2) is 41.6 Å². The molecule has 0 amide bonds. The van der Waals surface area contributed by atoms with E-state index in [-0.39, 0.29) is 0 Å². The van der Waals surface area contributed by atoms with Gasteiger partial charge in [-0.1, -0.05) is 26.0 Å². The molecule has 21 heavy (non-hydrogen) atoms. The summed E-state index contributed by atoms with van der Waals surface area (Å²) in [6.45, 7) is 6.06. The molecule has 0 saturated heterocycles. The molecular weight excluding hydrogens is 282 g/mol. The van der Waals surface area contributed by atoms with Gasteiger partial charge in [0.15, 0.2) is 0 Å². The molecular formula is C16H21N3OS. The lowest BCUT2D eigenvalue weighted by Crippen LogP contribution is -2.19. The third-order valence-corrected chi connectivity index (χ3v) is 3.60. The summed E-state index contributed by atoms with van der Waals surface area (Å²) in [4.78, 5) is 9.77. The Morgan fingerprint density at radius 1 is 1.19 bits per heavy atom. The van der Waals surface area contributed by atoms with E-state index in [0.29, 0.717) is 11.8 Å². The van der Waals surface area contributed by atoms with E-state index in [9.17, 15) is 0 Å². The first-order chi connectivity index (χ1) is 10.2. The first-order valence-electron chi connectivity index (χ1n) is 7.01. The van der Waals surface area contributed by atoms with Gasteiger partial charge in [0, 0.05) is 11.4 Å². The Morgan fingerprint density at radius 3 is 2.67 bits per heavy atom. The molecule has 0 saturated carbocycles. The van der Waals surface area contributed by atoms with Crippen molar-refractivity contribution >= 4 is 11.8 Å². The van der Waals surface area contributed by atoms with Gasteiger partial charge >= 0.3 is 0 Å². The zero-order valence-electron chi connectivity index (χ0n) is 12.7. The first kappa shape index (κ1) is 15.8. The van der Waals surface area contributed by atoms with E-state index in [0.717, 1.165) is 29.4 Å². The number of ether oxygens (including phenoxy) is 1. The summed E-state index contributed by atoms with van der Waals surface area (Å²) in [5.74, 6) is 1.96. The quantitative estimate of drug-likeness (QED) is 0.790. The molecule has 1 heterocycles. The Balaban J connectivity index is 1.96. The molecule has 2 aromatic rings. The van der Waals surface area contributed by atoms with Gasteiger partial charge in [0.05, 0.1) is 18.1 Å². The minimum Gasteiger partial charge on any atom is -0.436 e. The van der Waals surface area contributed by atoms with Crippen LogP contribution in [0.4, 0.5) is 0 Å². The fourth-order valence-corrected chi connectivity index (χ4v) is 2.32. The molecule has 112 valence electrons. The molecule has 5 heteroatoms. The number of benzene rings is 1. The number of nitrogens with zero attached hydrogens (tertiary/aromatic N) is 2. The van der Waals surface area contributed by atoms with Crippen molar-refractivity contribution in [3.05, 3.63) is 42.4 Å². The molecule has 0 spiro atoms. The molecule has 0 fully saturated rings. The Bertz CT molecular complexity index is 558. The topological polar surface area (TPSA) is 47.0 Å². The standard InChI is InChI=1S/C16H21N3OS/c1-12(2)8-17-9-13-10-19-16(11-18-13)20-14-6-4-5-7-15(14)21-3/h4-7,10-12,17H,8-9H2,1-3H3. The highest BCUT2D eigenvalue weighted by molar-refractivity contribution is 7.98. The number of para-hydroxylation sites is 1. The average molecular weight is 303 g/mol. The lowest BCUT2D eigenvalue weighted by Gasteiger charge is -2.09. The Hall–Kier alpha value is -1.59. The largest absolute Gasteiger partial charge is 0.436 e. The number of thioether (sulfide) groups is 1. The van der Waals surface area contributed by atoms with Crippen molar-refractivity contribution in [1.29, 1.82) is 0 Å². The second-order valence-electron chi connectivity index (χ2n) is 5.12. The van der Waals surface area contributed by atoms with Gasteiger partial charge < -0.3 is 10.1 Å². The van der Waals surface area contributed by atoms with Crippen molar-refractivity contribution in [2.75, 3.05) is 12.8 Å². The minimum absolute atomic E-state index is 0.518. The minimum atomic E-state index is 0.518. The average Bonchev–Trinajstić information content (AvgIpc) is 2.49. The fraction of sp³-hybridized carbons (Fsp3) is 0.375. The number of hydrogen-bond acceptors (Lipinski definition) is 5. The third-order valence-electron chi connectivity index (χ3n) is 2.82. The normalized spacial score (nSPS) is 10.9. The molecule has 0 unspecified atom stereocenters. The van der Waals surface area contributed by atoms with Gasteiger partial charge in [-0.05, 0) is 30.9 Å².